The molecule has 1 aliphatic heterocycles. The van der Waals surface area contributed by atoms with Crippen LogP contribution in [0.3, 0.4) is 0 Å². The highest BCUT2D eigenvalue weighted by molar-refractivity contribution is 8.01. The molecule has 0 fully saturated rings. The van der Waals surface area contributed by atoms with Crippen molar-refractivity contribution >= 4 is 46.7 Å². The molecule has 2 aromatic carbocycles. The van der Waals surface area contributed by atoms with E-state index in [2.05, 4.69) is 10.6 Å². The van der Waals surface area contributed by atoms with E-state index in [0.29, 0.717) is 0 Å². The summed E-state index contributed by atoms with van der Waals surface area (Å²) in [5, 5.41) is 5.29. The zero-order chi connectivity index (χ0) is 16.2. The fraction of sp³-hybridized carbons (Fsp3) is 0.176. The molecule has 2 aromatic rings. The van der Waals surface area contributed by atoms with Crippen LogP contribution in [0.5, 0.6) is 0 Å². The lowest BCUT2D eigenvalue weighted by Gasteiger charge is -2.23. The van der Waals surface area contributed by atoms with Crippen LogP contribution >= 0.6 is 23.5 Å². The molecule has 3 rings (SSSR count). The van der Waals surface area contributed by atoms with E-state index in [9.17, 15) is 9.59 Å². The molecule has 1 atom stereocenters. The van der Waals surface area contributed by atoms with Crippen LogP contribution in [0.15, 0.2) is 58.3 Å². The van der Waals surface area contributed by atoms with Crippen LogP contribution in [0, 0.1) is 0 Å². The smallest absolute Gasteiger partial charge is 0.238 e. The number of hydrogen-bond acceptors (Lipinski definition) is 4. The SMILES string of the molecule is CSc1ccc(NC(=O)C[C@H]2Sc3ccccc3NC2=O)cc1. The first kappa shape index (κ1) is 16.0. The van der Waals surface area contributed by atoms with Gasteiger partial charge in [0.05, 0.1) is 10.9 Å². The summed E-state index contributed by atoms with van der Waals surface area (Å²) < 4.78 is 0. The molecule has 118 valence electrons. The van der Waals surface area contributed by atoms with Gasteiger partial charge in [-0.3, -0.25) is 9.59 Å². The van der Waals surface area contributed by atoms with E-state index in [1.54, 1.807) is 11.8 Å². The molecule has 0 saturated carbocycles. The van der Waals surface area contributed by atoms with Gasteiger partial charge in [0.2, 0.25) is 11.8 Å². The summed E-state index contributed by atoms with van der Waals surface area (Å²) in [6.07, 6.45) is 2.15. The molecule has 0 saturated heterocycles. The molecule has 6 heteroatoms. The highest BCUT2D eigenvalue weighted by atomic mass is 32.2. The number of carbonyl (C=O) groups is 2. The lowest BCUT2D eigenvalue weighted by Crippen LogP contribution is -2.32. The van der Waals surface area contributed by atoms with Gasteiger partial charge in [-0.25, -0.2) is 0 Å². The molecule has 0 bridgehead atoms. The third kappa shape index (κ3) is 3.89. The maximum absolute atomic E-state index is 12.2. The number of carbonyl (C=O) groups excluding carboxylic acids is 2. The summed E-state index contributed by atoms with van der Waals surface area (Å²) in [5.74, 6) is -0.282. The summed E-state index contributed by atoms with van der Waals surface area (Å²) in [4.78, 5) is 26.4. The Morgan fingerprint density at radius 3 is 2.70 bits per heavy atom. The molecule has 0 spiro atoms. The molecule has 2 N–H and O–H groups in total. The van der Waals surface area contributed by atoms with E-state index in [0.717, 1.165) is 21.2 Å². The summed E-state index contributed by atoms with van der Waals surface area (Å²) in [5.41, 5.74) is 1.56. The standard InChI is InChI=1S/C17H16N2O2S2/c1-22-12-8-6-11(7-9-12)18-16(20)10-15-17(21)19-13-4-2-3-5-14(13)23-15/h2-9,15H,10H2,1H3,(H,18,20)(H,19,21)/t15-/m1/s1. The molecule has 0 aliphatic carbocycles. The Hall–Kier alpha value is -1.92. The fourth-order valence-electron chi connectivity index (χ4n) is 2.28. The minimum absolute atomic E-state index is 0.124. The van der Waals surface area contributed by atoms with Crippen LogP contribution in [0.4, 0.5) is 11.4 Å². The predicted octanol–water partition coefficient (Wildman–Crippen LogP) is 3.85. The van der Waals surface area contributed by atoms with Crippen molar-refractivity contribution < 1.29 is 9.59 Å². The van der Waals surface area contributed by atoms with E-state index in [1.807, 2.05) is 54.8 Å². The zero-order valence-corrected chi connectivity index (χ0v) is 14.2. The maximum Gasteiger partial charge on any atom is 0.238 e. The van der Waals surface area contributed by atoms with Gasteiger partial charge in [0, 0.05) is 21.9 Å². The van der Waals surface area contributed by atoms with Gasteiger partial charge in [-0.15, -0.1) is 23.5 Å². The number of fused-ring (bicyclic) bond motifs is 1. The van der Waals surface area contributed by atoms with Gasteiger partial charge >= 0.3 is 0 Å². The minimum atomic E-state index is -0.407. The first-order valence-electron chi connectivity index (χ1n) is 7.16. The summed E-state index contributed by atoms with van der Waals surface area (Å²) in [6, 6.07) is 15.3. The van der Waals surface area contributed by atoms with E-state index in [4.69, 9.17) is 0 Å². The van der Waals surface area contributed by atoms with Crippen LogP contribution < -0.4 is 10.6 Å². The van der Waals surface area contributed by atoms with Crippen molar-refractivity contribution in [2.24, 2.45) is 0 Å². The number of rotatable bonds is 4. The van der Waals surface area contributed by atoms with Gasteiger partial charge in [-0.05, 0) is 42.7 Å². The average Bonchev–Trinajstić information content (AvgIpc) is 2.56. The summed E-state index contributed by atoms with van der Waals surface area (Å²) in [6.45, 7) is 0. The van der Waals surface area contributed by atoms with Crippen molar-refractivity contribution in [3.63, 3.8) is 0 Å². The number of para-hydroxylation sites is 1. The van der Waals surface area contributed by atoms with Crippen molar-refractivity contribution in [1.29, 1.82) is 0 Å². The Bertz CT molecular complexity index is 732. The van der Waals surface area contributed by atoms with Crippen LogP contribution in [0.1, 0.15) is 6.42 Å². The topological polar surface area (TPSA) is 58.2 Å². The van der Waals surface area contributed by atoms with Crippen LogP contribution in [-0.4, -0.2) is 23.3 Å². The predicted molar refractivity (Wildman–Crippen MR) is 96.2 cm³/mol. The monoisotopic (exact) mass is 344 g/mol. The number of anilines is 2. The van der Waals surface area contributed by atoms with Crippen LogP contribution in [-0.2, 0) is 9.59 Å². The molecule has 23 heavy (non-hydrogen) atoms. The van der Waals surface area contributed by atoms with Crippen molar-refractivity contribution in [3.8, 4) is 0 Å². The number of hydrogen-bond donors (Lipinski definition) is 2. The van der Waals surface area contributed by atoms with E-state index in [-0.39, 0.29) is 18.2 Å². The Kier molecular flexibility index (Phi) is 4.93. The quantitative estimate of drug-likeness (QED) is 0.827. The van der Waals surface area contributed by atoms with E-state index >= 15 is 0 Å². The highest BCUT2D eigenvalue weighted by Gasteiger charge is 2.28. The normalized spacial score (nSPS) is 16.4. The largest absolute Gasteiger partial charge is 0.326 e. The number of amides is 2. The molecular formula is C17H16N2O2S2. The van der Waals surface area contributed by atoms with Gasteiger partial charge in [0.15, 0.2) is 0 Å². The van der Waals surface area contributed by atoms with Gasteiger partial charge < -0.3 is 10.6 Å². The van der Waals surface area contributed by atoms with Gasteiger partial charge in [-0.2, -0.15) is 0 Å². The van der Waals surface area contributed by atoms with Gasteiger partial charge in [0.1, 0.15) is 0 Å². The van der Waals surface area contributed by atoms with Gasteiger partial charge in [0.25, 0.3) is 0 Å². The van der Waals surface area contributed by atoms with Crippen molar-refractivity contribution in [2.75, 3.05) is 16.9 Å². The summed E-state index contributed by atoms with van der Waals surface area (Å²) in [7, 11) is 0. The summed E-state index contributed by atoms with van der Waals surface area (Å²) >= 11 is 3.08. The van der Waals surface area contributed by atoms with E-state index < -0.39 is 5.25 Å². The first-order valence-corrected chi connectivity index (χ1v) is 9.26. The minimum Gasteiger partial charge on any atom is -0.326 e. The van der Waals surface area contributed by atoms with Crippen LogP contribution in [0.25, 0.3) is 0 Å². The molecular weight excluding hydrogens is 328 g/mol. The number of benzene rings is 2. The number of thioether (sulfide) groups is 2. The number of nitrogens with one attached hydrogen (secondary N) is 2. The van der Waals surface area contributed by atoms with Crippen molar-refractivity contribution in [3.05, 3.63) is 48.5 Å². The Labute approximate surface area is 143 Å². The van der Waals surface area contributed by atoms with Crippen molar-refractivity contribution in [1.82, 2.24) is 0 Å². The first-order chi connectivity index (χ1) is 11.2. The molecule has 2 amide bonds. The molecule has 4 nitrogen and oxygen atoms in total. The Balaban J connectivity index is 1.62. The molecule has 0 aromatic heterocycles. The fourth-order valence-corrected chi connectivity index (χ4v) is 3.80. The molecule has 1 aliphatic rings. The second-order valence-electron chi connectivity index (χ2n) is 5.07. The third-order valence-corrected chi connectivity index (χ3v) is 5.47. The second-order valence-corrected chi connectivity index (χ2v) is 7.20. The lowest BCUT2D eigenvalue weighted by molar-refractivity contribution is -0.120. The highest BCUT2D eigenvalue weighted by Crippen LogP contribution is 2.36. The Morgan fingerprint density at radius 1 is 1.22 bits per heavy atom. The lowest BCUT2D eigenvalue weighted by atomic mass is 10.2. The van der Waals surface area contributed by atoms with E-state index in [1.165, 1.54) is 11.8 Å². The zero-order valence-electron chi connectivity index (χ0n) is 12.5. The molecule has 0 radical (unpaired) electrons. The second kappa shape index (κ2) is 7.10. The van der Waals surface area contributed by atoms with Crippen molar-refractivity contribution in [2.45, 2.75) is 21.5 Å². The third-order valence-electron chi connectivity index (χ3n) is 3.45. The maximum atomic E-state index is 12.2. The average molecular weight is 344 g/mol. The van der Waals surface area contributed by atoms with Crippen LogP contribution in [0.2, 0.25) is 0 Å². The molecule has 1 heterocycles. The van der Waals surface area contributed by atoms with Gasteiger partial charge in [-0.1, -0.05) is 12.1 Å². The Morgan fingerprint density at radius 2 is 1.96 bits per heavy atom. The molecule has 0 unspecified atom stereocenters.